The van der Waals surface area contributed by atoms with Crippen molar-refractivity contribution < 1.29 is 14.3 Å². The summed E-state index contributed by atoms with van der Waals surface area (Å²) in [6.45, 7) is 2.51. The zero-order valence-corrected chi connectivity index (χ0v) is 11.5. The molecular formula is C13H23N3O3. The Kier molecular flexibility index (Phi) is 5.15. The third kappa shape index (κ3) is 3.91. The average Bonchev–Trinajstić information content (AvgIpc) is 2.93. The molecule has 0 aromatic heterocycles. The molecule has 2 saturated heterocycles. The number of piperidine rings is 1. The van der Waals surface area contributed by atoms with Crippen LogP contribution >= 0.6 is 0 Å². The maximum absolute atomic E-state index is 12.2. The molecule has 1 atom stereocenters. The summed E-state index contributed by atoms with van der Waals surface area (Å²) in [5.41, 5.74) is 0. The highest BCUT2D eigenvalue weighted by molar-refractivity contribution is 5.82. The highest BCUT2D eigenvalue weighted by Gasteiger charge is 2.30. The molecule has 0 aliphatic carbocycles. The largest absolute Gasteiger partial charge is 0.375 e. The molecule has 2 amide bonds. The number of rotatable bonds is 4. The fourth-order valence-corrected chi connectivity index (χ4v) is 2.76. The van der Waals surface area contributed by atoms with Crippen LogP contribution in [0, 0.1) is 0 Å². The molecular weight excluding hydrogens is 246 g/mol. The zero-order chi connectivity index (χ0) is 13.7. The second-order valence-corrected chi connectivity index (χ2v) is 5.25. The van der Waals surface area contributed by atoms with E-state index in [1.165, 1.54) is 7.11 Å². The summed E-state index contributed by atoms with van der Waals surface area (Å²) >= 11 is 0. The van der Waals surface area contributed by atoms with Gasteiger partial charge < -0.3 is 20.3 Å². The van der Waals surface area contributed by atoms with E-state index in [4.69, 9.17) is 4.74 Å². The lowest BCUT2D eigenvalue weighted by atomic mass is 10.0. The van der Waals surface area contributed by atoms with Crippen LogP contribution < -0.4 is 10.6 Å². The van der Waals surface area contributed by atoms with Crippen LogP contribution in [-0.2, 0) is 14.3 Å². The van der Waals surface area contributed by atoms with Crippen molar-refractivity contribution in [2.24, 2.45) is 0 Å². The Hall–Kier alpha value is -1.14. The SMILES string of the molecule is COCC(=O)NC1CCN(C(=O)[C@@H]2CCCN2)CC1. The Labute approximate surface area is 113 Å². The van der Waals surface area contributed by atoms with Crippen molar-refractivity contribution >= 4 is 11.8 Å². The number of ether oxygens (including phenoxy) is 1. The summed E-state index contributed by atoms with van der Waals surface area (Å²) in [7, 11) is 1.51. The van der Waals surface area contributed by atoms with E-state index in [0.29, 0.717) is 0 Å². The fraction of sp³-hybridized carbons (Fsp3) is 0.846. The highest BCUT2D eigenvalue weighted by Crippen LogP contribution is 2.15. The van der Waals surface area contributed by atoms with Crippen molar-refractivity contribution in [3.63, 3.8) is 0 Å². The summed E-state index contributed by atoms with van der Waals surface area (Å²) in [5, 5.41) is 6.17. The second kappa shape index (κ2) is 6.86. The molecule has 2 rings (SSSR count). The van der Waals surface area contributed by atoms with E-state index in [-0.39, 0.29) is 30.5 Å². The zero-order valence-electron chi connectivity index (χ0n) is 11.5. The van der Waals surface area contributed by atoms with E-state index in [1.807, 2.05) is 4.90 Å². The molecule has 2 heterocycles. The lowest BCUT2D eigenvalue weighted by Gasteiger charge is -2.33. The third-order valence-corrected chi connectivity index (χ3v) is 3.81. The van der Waals surface area contributed by atoms with Gasteiger partial charge >= 0.3 is 0 Å². The van der Waals surface area contributed by atoms with Gasteiger partial charge in [-0.3, -0.25) is 9.59 Å². The Morgan fingerprint density at radius 2 is 2.05 bits per heavy atom. The van der Waals surface area contributed by atoms with Crippen LogP contribution in [0.1, 0.15) is 25.7 Å². The molecule has 2 N–H and O–H groups in total. The Morgan fingerprint density at radius 1 is 1.32 bits per heavy atom. The lowest BCUT2D eigenvalue weighted by Crippen LogP contribution is -2.51. The number of methoxy groups -OCH3 is 1. The lowest BCUT2D eigenvalue weighted by molar-refractivity contribution is -0.134. The molecule has 6 heteroatoms. The van der Waals surface area contributed by atoms with Gasteiger partial charge in [0, 0.05) is 26.2 Å². The van der Waals surface area contributed by atoms with Gasteiger partial charge in [0.25, 0.3) is 0 Å². The predicted molar refractivity (Wildman–Crippen MR) is 70.6 cm³/mol. The molecule has 0 bridgehead atoms. The van der Waals surface area contributed by atoms with Crippen molar-refractivity contribution in [1.29, 1.82) is 0 Å². The van der Waals surface area contributed by atoms with E-state index >= 15 is 0 Å². The van der Waals surface area contributed by atoms with E-state index in [1.54, 1.807) is 0 Å². The Balaban J connectivity index is 1.72. The second-order valence-electron chi connectivity index (χ2n) is 5.25. The summed E-state index contributed by atoms with van der Waals surface area (Å²) in [5.74, 6) is 0.143. The van der Waals surface area contributed by atoms with Crippen molar-refractivity contribution in [3.8, 4) is 0 Å². The molecule has 0 aromatic carbocycles. The molecule has 0 saturated carbocycles. The number of nitrogens with one attached hydrogen (secondary N) is 2. The van der Waals surface area contributed by atoms with Crippen molar-refractivity contribution in [3.05, 3.63) is 0 Å². The van der Waals surface area contributed by atoms with Gasteiger partial charge in [-0.2, -0.15) is 0 Å². The average molecular weight is 269 g/mol. The van der Waals surface area contributed by atoms with E-state index < -0.39 is 0 Å². The number of hydrogen-bond donors (Lipinski definition) is 2. The molecule has 6 nitrogen and oxygen atoms in total. The van der Waals surface area contributed by atoms with Crippen LogP contribution in [0.2, 0.25) is 0 Å². The molecule has 0 aromatic rings. The Bertz CT molecular complexity index is 321. The quantitative estimate of drug-likeness (QED) is 0.721. The standard InChI is InChI=1S/C13H23N3O3/c1-19-9-12(17)15-10-4-7-16(8-5-10)13(18)11-3-2-6-14-11/h10-11,14H,2-9H2,1H3,(H,15,17)/t11-/m0/s1. The maximum Gasteiger partial charge on any atom is 0.246 e. The number of nitrogens with zero attached hydrogens (tertiary/aromatic N) is 1. The molecule has 0 unspecified atom stereocenters. The molecule has 2 aliphatic rings. The highest BCUT2D eigenvalue weighted by atomic mass is 16.5. The van der Waals surface area contributed by atoms with Gasteiger partial charge in [-0.05, 0) is 32.2 Å². The first kappa shape index (κ1) is 14.3. The number of carbonyl (C=O) groups is 2. The summed E-state index contributed by atoms with van der Waals surface area (Å²) < 4.78 is 4.79. The fourth-order valence-electron chi connectivity index (χ4n) is 2.76. The number of hydrogen-bond acceptors (Lipinski definition) is 4. The van der Waals surface area contributed by atoms with E-state index in [0.717, 1.165) is 45.3 Å². The molecule has 108 valence electrons. The topological polar surface area (TPSA) is 70.7 Å². The maximum atomic E-state index is 12.2. The minimum Gasteiger partial charge on any atom is -0.375 e. The van der Waals surface area contributed by atoms with Crippen LogP contribution in [0.4, 0.5) is 0 Å². The monoisotopic (exact) mass is 269 g/mol. The van der Waals surface area contributed by atoms with Gasteiger partial charge in [-0.1, -0.05) is 0 Å². The first-order chi connectivity index (χ1) is 9.20. The van der Waals surface area contributed by atoms with Gasteiger partial charge in [0.2, 0.25) is 11.8 Å². The molecule has 2 aliphatic heterocycles. The van der Waals surface area contributed by atoms with Crippen molar-refractivity contribution in [2.45, 2.75) is 37.8 Å². The van der Waals surface area contributed by atoms with Gasteiger partial charge in [0.05, 0.1) is 6.04 Å². The van der Waals surface area contributed by atoms with Gasteiger partial charge in [-0.15, -0.1) is 0 Å². The number of carbonyl (C=O) groups excluding carboxylic acids is 2. The summed E-state index contributed by atoms with van der Waals surface area (Å²) in [6.07, 6.45) is 3.69. The summed E-state index contributed by atoms with van der Waals surface area (Å²) in [4.78, 5) is 25.5. The minimum atomic E-state index is -0.0789. The number of likely N-dealkylation sites (tertiary alicyclic amines) is 1. The van der Waals surface area contributed by atoms with Crippen molar-refractivity contribution in [1.82, 2.24) is 15.5 Å². The van der Waals surface area contributed by atoms with E-state index in [2.05, 4.69) is 10.6 Å². The van der Waals surface area contributed by atoms with Gasteiger partial charge in [-0.25, -0.2) is 0 Å². The van der Waals surface area contributed by atoms with Crippen LogP contribution in [0.3, 0.4) is 0 Å². The smallest absolute Gasteiger partial charge is 0.246 e. The first-order valence-electron chi connectivity index (χ1n) is 7.01. The van der Waals surface area contributed by atoms with Gasteiger partial charge in [0.15, 0.2) is 0 Å². The van der Waals surface area contributed by atoms with Gasteiger partial charge in [0.1, 0.15) is 6.61 Å². The minimum absolute atomic E-state index is 0.0135. The Morgan fingerprint density at radius 3 is 2.63 bits per heavy atom. The predicted octanol–water partition coefficient (Wildman–Crippen LogP) is -0.508. The molecule has 0 spiro atoms. The van der Waals surface area contributed by atoms with Crippen molar-refractivity contribution in [2.75, 3.05) is 33.4 Å². The van der Waals surface area contributed by atoms with Crippen LogP contribution in [0.15, 0.2) is 0 Å². The third-order valence-electron chi connectivity index (χ3n) is 3.81. The van der Waals surface area contributed by atoms with E-state index in [9.17, 15) is 9.59 Å². The molecule has 19 heavy (non-hydrogen) atoms. The van der Waals surface area contributed by atoms with Crippen LogP contribution in [0.5, 0.6) is 0 Å². The summed E-state index contributed by atoms with van der Waals surface area (Å²) in [6, 6.07) is 0.183. The number of amides is 2. The normalized spacial score (nSPS) is 24.5. The molecule has 2 fully saturated rings. The first-order valence-corrected chi connectivity index (χ1v) is 7.01. The van der Waals surface area contributed by atoms with Crippen LogP contribution in [-0.4, -0.2) is 62.1 Å². The molecule has 0 radical (unpaired) electrons. The van der Waals surface area contributed by atoms with Crippen LogP contribution in [0.25, 0.3) is 0 Å².